The van der Waals surface area contributed by atoms with Gasteiger partial charge in [0.05, 0.1) is 17.8 Å². The molecule has 1 aromatic carbocycles. The maximum absolute atomic E-state index is 13.1. The zero-order valence-electron chi connectivity index (χ0n) is 16.1. The van der Waals surface area contributed by atoms with Crippen molar-refractivity contribution < 1.29 is 14.3 Å². The van der Waals surface area contributed by atoms with Crippen LogP contribution in [0.4, 0.5) is 0 Å². The third-order valence-corrected chi connectivity index (χ3v) is 6.53. The Hall–Kier alpha value is -2.52. The molecule has 0 aliphatic carbocycles. The van der Waals surface area contributed by atoms with E-state index < -0.39 is 0 Å². The Morgan fingerprint density at radius 1 is 1.34 bits per heavy atom. The second-order valence-electron chi connectivity index (χ2n) is 6.77. The fourth-order valence-electron chi connectivity index (χ4n) is 2.94. The molecule has 152 valence electrons. The molecule has 1 aliphatic heterocycles. The number of rotatable bonds is 7. The van der Waals surface area contributed by atoms with Crippen LogP contribution in [0, 0.1) is 0 Å². The van der Waals surface area contributed by atoms with Crippen LogP contribution in [0.3, 0.4) is 0 Å². The number of aromatic nitrogens is 2. The van der Waals surface area contributed by atoms with Gasteiger partial charge in [-0.2, -0.15) is 0 Å². The average molecular weight is 432 g/mol. The predicted molar refractivity (Wildman–Crippen MR) is 114 cm³/mol. The number of nitrogens with zero attached hydrogens (tertiary/aromatic N) is 2. The van der Waals surface area contributed by atoms with Crippen molar-refractivity contribution in [2.24, 2.45) is 0 Å². The lowest BCUT2D eigenvalue weighted by Crippen LogP contribution is -2.33. The number of thiophene rings is 1. The second-order valence-corrected chi connectivity index (χ2v) is 8.63. The van der Waals surface area contributed by atoms with E-state index in [0.717, 1.165) is 12.0 Å². The van der Waals surface area contributed by atoms with Crippen molar-refractivity contribution in [2.45, 2.75) is 38.0 Å². The normalized spacial score (nSPS) is 13.6. The fourth-order valence-corrected chi connectivity index (χ4v) is 4.53. The van der Waals surface area contributed by atoms with E-state index in [9.17, 15) is 9.59 Å². The van der Waals surface area contributed by atoms with Gasteiger partial charge in [-0.05, 0) is 42.5 Å². The van der Waals surface area contributed by atoms with Gasteiger partial charge < -0.3 is 14.8 Å². The highest BCUT2D eigenvalue weighted by molar-refractivity contribution is 7.99. The number of carbonyl (C=O) groups excluding carboxylic acids is 1. The van der Waals surface area contributed by atoms with Crippen molar-refractivity contribution in [1.82, 2.24) is 14.9 Å². The predicted octanol–water partition coefficient (Wildman–Crippen LogP) is 3.24. The summed E-state index contributed by atoms with van der Waals surface area (Å²) in [7, 11) is 0. The van der Waals surface area contributed by atoms with Crippen LogP contribution in [0.2, 0.25) is 0 Å². The number of hydrogen-bond donors (Lipinski definition) is 1. The number of amides is 1. The molecule has 0 fully saturated rings. The van der Waals surface area contributed by atoms with Gasteiger partial charge in [-0.25, -0.2) is 4.98 Å². The van der Waals surface area contributed by atoms with Crippen LogP contribution in [0.15, 0.2) is 39.6 Å². The number of ether oxygens (including phenoxy) is 2. The molecule has 1 N–H and O–H groups in total. The first-order valence-corrected chi connectivity index (χ1v) is 11.2. The Bertz CT molecular complexity index is 1110. The van der Waals surface area contributed by atoms with Gasteiger partial charge >= 0.3 is 0 Å². The molecular formula is C20H21N3O4S2. The molecule has 0 saturated heterocycles. The number of benzene rings is 1. The van der Waals surface area contributed by atoms with Crippen LogP contribution in [-0.4, -0.2) is 34.0 Å². The third kappa shape index (κ3) is 4.25. The van der Waals surface area contributed by atoms with Crippen molar-refractivity contribution in [3.05, 3.63) is 45.6 Å². The van der Waals surface area contributed by atoms with Crippen LogP contribution in [-0.2, 0) is 11.3 Å². The van der Waals surface area contributed by atoms with Crippen LogP contribution in [0.1, 0.15) is 25.8 Å². The zero-order chi connectivity index (χ0) is 20.4. The molecule has 0 saturated carbocycles. The Morgan fingerprint density at radius 2 is 2.17 bits per heavy atom. The number of fused-ring (bicyclic) bond motifs is 2. The Morgan fingerprint density at radius 3 is 3.00 bits per heavy atom. The summed E-state index contributed by atoms with van der Waals surface area (Å²) in [6.45, 7) is 4.53. The zero-order valence-corrected chi connectivity index (χ0v) is 17.8. The lowest BCUT2D eigenvalue weighted by molar-refractivity contribution is -0.119. The van der Waals surface area contributed by atoms with E-state index in [0.29, 0.717) is 33.4 Å². The maximum atomic E-state index is 13.1. The third-order valence-electron chi connectivity index (χ3n) is 4.66. The van der Waals surface area contributed by atoms with Crippen molar-refractivity contribution in [3.63, 3.8) is 0 Å². The van der Waals surface area contributed by atoms with Crippen LogP contribution < -0.4 is 20.3 Å². The minimum Gasteiger partial charge on any atom is -0.454 e. The van der Waals surface area contributed by atoms with Gasteiger partial charge in [-0.15, -0.1) is 11.3 Å². The first-order valence-electron chi connectivity index (χ1n) is 9.34. The summed E-state index contributed by atoms with van der Waals surface area (Å²) in [4.78, 5) is 29.9. The SMILES string of the molecule is CC[C@H](C)NC(=O)CSc1nc2ccsc2c(=O)n1Cc1ccc2c(c1)OCO2. The van der Waals surface area contributed by atoms with E-state index in [1.54, 1.807) is 4.57 Å². The van der Waals surface area contributed by atoms with Crippen molar-refractivity contribution in [1.29, 1.82) is 0 Å². The van der Waals surface area contributed by atoms with Crippen molar-refractivity contribution in [3.8, 4) is 11.5 Å². The summed E-state index contributed by atoms with van der Waals surface area (Å²) in [5.74, 6) is 1.50. The van der Waals surface area contributed by atoms with Gasteiger partial charge in [0.25, 0.3) is 5.56 Å². The average Bonchev–Trinajstić information content (AvgIpc) is 3.37. The summed E-state index contributed by atoms with van der Waals surface area (Å²) in [6, 6.07) is 7.56. The Labute approximate surface area is 176 Å². The summed E-state index contributed by atoms with van der Waals surface area (Å²) in [6.07, 6.45) is 0.865. The molecule has 0 bridgehead atoms. The Kier molecular flexibility index (Phi) is 5.77. The summed E-state index contributed by atoms with van der Waals surface area (Å²) in [5.41, 5.74) is 1.46. The highest BCUT2D eigenvalue weighted by Gasteiger charge is 2.17. The molecule has 4 rings (SSSR count). The highest BCUT2D eigenvalue weighted by atomic mass is 32.2. The van der Waals surface area contributed by atoms with E-state index in [2.05, 4.69) is 10.3 Å². The Balaban J connectivity index is 1.62. The number of thioether (sulfide) groups is 1. The number of nitrogens with one attached hydrogen (secondary N) is 1. The van der Waals surface area contributed by atoms with E-state index in [1.165, 1.54) is 23.1 Å². The van der Waals surface area contributed by atoms with Gasteiger partial charge in [0, 0.05) is 6.04 Å². The number of carbonyl (C=O) groups is 1. The molecule has 1 amide bonds. The quantitative estimate of drug-likeness (QED) is 0.457. The molecule has 2 aromatic heterocycles. The molecule has 1 aliphatic rings. The molecule has 9 heteroatoms. The lowest BCUT2D eigenvalue weighted by Gasteiger charge is -2.14. The van der Waals surface area contributed by atoms with E-state index in [1.807, 2.05) is 43.5 Å². The summed E-state index contributed by atoms with van der Waals surface area (Å²) < 4.78 is 13.0. The number of hydrogen-bond acceptors (Lipinski definition) is 7. The minimum atomic E-state index is -0.104. The second kappa shape index (κ2) is 8.46. The molecule has 3 heterocycles. The van der Waals surface area contributed by atoms with Gasteiger partial charge in [0.1, 0.15) is 4.70 Å². The first-order chi connectivity index (χ1) is 14.0. The standard InChI is InChI=1S/C20H21N3O4S2/c1-3-12(2)21-17(24)10-29-20-22-14-6-7-28-18(14)19(25)23(20)9-13-4-5-15-16(8-13)27-11-26-15/h4-8,12H,3,9-11H2,1-2H3,(H,21,24)/t12-/m0/s1. The van der Waals surface area contributed by atoms with E-state index in [-0.39, 0.29) is 30.1 Å². The smallest absolute Gasteiger partial charge is 0.272 e. The van der Waals surface area contributed by atoms with Gasteiger partial charge in [-0.1, -0.05) is 24.8 Å². The lowest BCUT2D eigenvalue weighted by atomic mass is 10.2. The molecular weight excluding hydrogens is 410 g/mol. The van der Waals surface area contributed by atoms with E-state index in [4.69, 9.17) is 9.47 Å². The summed E-state index contributed by atoms with van der Waals surface area (Å²) >= 11 is 2.65. The molecule has 3 aromatic rings. The molecule has 0 spiro atoms. The molecule has 0 radical (unpaired) electrons. The molecule has 0 unspecified atom stereocenters. The fraction of sp³-hybridized carbons (Fsp3) is 0.350. The molecule has 1 atom stereocenters. The summed E-state index contributed by atoms with van der Waals surface area (Å²) in [5, 5.41) is 5.32. The van der Waals surface area contributed by atoms with Crippen molar-refractivity contribution in [2.75, 3.05) is 12.5 Å². The topological polar surface area (TPSA) is 82.5 Å². The van der Waals surface area contributed by atoms with Crippen LogP contribution in [0.5, 0.6) is 11.5 Å². The maximum Gasteiger partial charge on any atom is 0.272 e. The molecule has 7 nitrogen and oxygen atoms in total. The van der Waals surface area contributed by atoms with E-state index >= 15 is 0 Å². The molecule has 29 heavy (non-hydrogen) atoms. The minimum absolute atomic E-state index is 0.0707. The monoisotopic (exact) mass is 431 g/mol. The van der Waals surface area contributed by atoms with Gasteiger partial charge in [0.2, 0.25) is 12.7 Å². The highest BCUT2D eigenvalue weighted by Crippen LogP contribution is 2.33. The first kappa shape index (κ1) is 19.8. The van der Waals surface area contributed by atoms with Crippen LogP contribution >= 0.6 is 23.1 Å². The van der Waals surface area contributed by atoms with Gasteiger partial charge in [-0.3, -0.25) is 14.2 Å². The van der Waals surface area contributed by atoms with Gasteiger partial charge in [0.15, 0.2) is 16.7 Å². The van der Waals surface area contributed by atoms with Crippen LogP contribution in [0.25, 0.3) is 10.2 Å². The van der Waals surface area contributed by atoms with Crippen molar-refractivity contribution >= 4 is 39.2 Å². The largest absolute Gasteiger partial charge is 0.454 e.